The first-order chi connectivity index (χ1) is 7.31. The molecule has 2 rings (SSSR count). The summed E-state index contributed by atoms with van der Waals surface area (Å²) in [6.45, 7) is 0.990. The lowest BCUT2D eigenvalue weighted by Crippen LogP contribution is -1.97. The molecule has 0 N–H and O–H groups in total. The van der Waals surface area contributed by atoms with Crippen LogP contribution < -0.4 is 0 Å². The van der Waals surface area contributed by atoms with Gasteiger partial charge in [0.05, 0.1) is 7.85 Å². The van der Waals surface area contributed by atoms with Crippen LogP contribution in [0.2, 0.25) is 6.32 Å². The molecule has 0 saturated heterocycles. The normalized spacial score (nSPS) is 11.0. The molecule has 0 unspecified atom stereocenters. The molecular weight excluding hydrogens is 251 g/mol. The van der Waals surface area contributed by atoms with E-state index in [0.717, 1.165) is 36.0 Å². The number of hydrogen-bond donors (Lipinski definition) is 0. The quantitative estimate of drug-likeness (QED) is 0.470. The zero-order valence-corrected chi connectivity index (χ0v) is 10.1. The van der Waals surface area contributed by atoms with E-state index in [1.54, 1.807) is 0 Å². The third-order valence-electron chi connectivity index (χ3n) is 2.43. The molecule has 0 aliphatic heterocycles. The highest BCUT2D eigenvalue weighted by atomic mass is 79.9. The number of aryl methyl sites for hydroxylation is 1. The molecule has 2 nitrogen and oxygen atoms in total. The van der Waals surface area contributed by atoms with Crippen molar-refractivity contribution in [3.63, 3.8) is 0 Å². The Morgan fingerprint density at radius 3 is 2.93 bits per heavy atom. The van der Waals surface area contributed by atoms with Gasteiger partial charge in [-0.1, -0.05) is 12.7 Å². The maximum Gasteiger partial charge on any atom is 0.141 e. The lowest BCUT2D eigenvalue weighted by Gasteiger charge is -2.03. The van der Waals surface area contributed by atoms with Gasteiger partial charge in [-0.2, -0.15) is 0 Å². The summed E-state index contributed by atoms with van der Waals surface area (Å²) >= 11 is 3.39. The average molecular weight is 263 g/mol. The number of unbranched alkanes of at least 4 members (excludes halogenated alkanes) is 1. The van der Waals surface area contributed by atoms with Crippen molar-refractivity contribution in [3.05, 3.63) is 29.0 Å². The second-order valence-corrected chi connectivity index (χ2v) is 4.36. The maximum absolute atomic E-state index is 5.47. The maximum atomic E-state index is 5.47. The molecule has 0 aliphatic rings. The Kier molecular flexibility index (Phi) is 3.47. The molecule has 15 heavy (non-hydrogen) atoms. The van der Waals surface area contributed by atoms with Crippen LogP contribution in [0, 0.1) is 0 Å². The summed E-state index contributed by atoms with van der Waals surface area (Å²) in [5, 5.41) is 1.19. The topological polar surface area (TPSA) is 17.8 Å². The van der Waals surface area contributed by atoms with Crippen LogP contribution in [0.1, 0.15) is 12.8 Å². The van der Waals surface area contributed by atoms with E-state index in [-0.39, 0.29) is 0 Å². The van der Waals surface area contributed by atoms with Gasteiger partial charge in [-0.05, 0) is 40.5 Å². The van der Waals surface area contributed by atoms with Crippen LogP contribution in [-0.4, -0.2) is 17.4 Å². The number of fused-ring (bicyclic) bond motifs is 1. The molecule has 0 atom stereocenters. The summed E-state index contributed by atoms with van der Waals surface area (Å²) in [6.07, 6.45) is 5.01. The summed E-state index contributed by atoms with van der Waals surface area (Å²) in [7, 11) is 5.47. The molecule has 0 saturated carbocycles. The molecule has 0 amide bonds. The monoisotopic (exact) mass is 262 g/mol. The number of pyridine rings is 1. The van der Waals surface area contributed by atoms with Gasteiger partial charge in [-0.25, -0.2) is 4.98 Å². The van der Waals surface area contributed by atoms with E-state index in [1.807, 2.05) is 6.07 Å². The number of hydrogen-bond acceptors (Lipinski definition) is 1. The third-order valence-corrected chi connectivity index (χ3v) is 2.87. The van der Waals surface area contributed by atoms with E-state index < -0.39 is 0 Å². The van der Waals surface area contributed by atoms with Crippen LogP contribution in [0.25, 0.3) is 11.0 Å². The first-order valence-corrected chi connectivity index (χ1v) is 5.92. The lowest BCUT2D eigenvalue weighted by atomic mass is 10.0. The molecule has 0 aromatic carbocycles. The summed E-state index contributed by atoms with van der Waals surface area (Å²) in [5.74, 6) is 0. The molecule has 2 aromatic rings. The van der Waals surface area contributed by atoms with Crippen molar-refractivity contribution in [1.29, 1.82) is 0 Å². The molecule has 4 heteroatoms. The Balaban J connectivity index is 2.23. The Morgan fingerprint density at radius 2 is 2.13 bits per heavy atom. The third kappa shape index (κ3) is 2.43. The van der Waals surface area contributed by atoms with E-state index in [2.05, 4.69) is 43.8 Å². The SMILES string of the molecule is [B]CCCCn1ccc2ccc(Br)nc21. The minimum Gasteiger partial charge on any atom is -0.332 e. The van der Waals surface area contributed by atoms with Crippen molar-refractivity contribution < 1.29 is 0 Å². The van der Waals surface area contributed by atoms with Crippen molar-refractivity contribution in [2.75, 3.05) is 0 Å². The van der Waals surface area contributed by atoms with Gasteiger partial charge in [0.2, 0.25) is 0 Å². The van der Waals surface area contributed by atoms with Gasteiger partial charge < -0.3 is 4.57 Å². The van der Waals surface area contributed by atoms with E-state index in [4.69, 9.17) is 7.85 Å². The first kappa shape index (κ1) is 10.7. The highest BCUT2D eigenvalue weighted by Crippen LogP contribution is 2.17. The Labute approximate surface area is 99.2 Å². The van der Waals surface area contributed by atoms with E-state index in [0.29, 0.717) is 0 Å². The van der Waals surface area contributed by atoms with Crippen LogP contribution in [0.15, 0.2) is 29.0 Å². The molecule has 0 bridgehead atoms. The summed E-state index contributed by atoms with van der Waals surface area (Å²) in [6, 6.07) is 6.13. The first-order valence-electron chi connectivity index (χ1n) is 5.13. The van der Waals surface area contributed by atoms with E-state index in [9.17, 15) is 0 Å². The Bertz CT molecular complexity index is 453. The number of rotatable bonds is 4. The van der Waals surface area contributed by atoms with Crippen molar-refractivity contribution in [3.8, 4) is 0 Å². The predicted octanol–water partition coefficient (Wildman–Crippen LogP) is 3.17. The molecule has 2 aromatic heterocycles. The highest BCUT2D eigenvalue weighted by Gasteiger charge is 2.02. The van der Waals surface area contributed by atoms with Gasteiger partial charge >= 0.3 is 0 Å². The molecule has 0 aliphatic carbocycles. The highest BCUT2D eigenvalue weighted by molar-refractivity contribution is 9.10. The second-order valence-electron chi connectivity index (χ2n) is 3.55. The lowest BCUT2D eigenvalue weighted by molar-refractivity contribution is 0.645. The molecule has 0 spiro atoms. The molecule has 2 radical (unpaired) electrons. The number of halogens is 1. The van der Waals surface area contributed by atoms with Crippen LogP contribution in [0.3, 0.4) is 0 Å². The predicted molar refractivity (Wildman–Crippen MR) is 67.2 cm³/mol. The second kappa shape index (κ2) is 4.84. The zero-order valence-electron chi connectivity index (χ0n) is 8.49. The fourth-order valence-electron chi connectivity index (χ4n) is 1.64. The van der Waals surface area contributed by atoms with Gasteiger partial charge in [-0.3, -0.25) is 0 Å². The van der Waals surface area contributed by atoms with Crippen molar-refractivity contribution >= 4 is 34.8 Å². The molecule has 0 fully saturated rings. The van der Waals surface area contributed by atoms with Gasteiger partial charge in [0.1, 0.15) is 10.3 Å². The minimum atomic E-state index is 0.760. The molecule has 2 heterocycles. The van der Waals surface area contributed by atoms with E-state index in [1.165, 1.54) is 5.39 Å². The fourth-order valence-corrected chi connectivity index (χ4v) is 1.94. The molecular formula is C11H12BBrN2. The zero-order chi connectivity index (χ0) is 10.7. The Hall–Kier alpha value is -0.765. The van der Waals surface area contributed by atoms with Crippen LogP contribution in [0.5, 0.6) is 0 Å². The van der Waals surface area contributed by atoms with E-state index >= 15 is 0 Å². The number of aromatic nitrogens is 2. The largest absolute Gasteiger partial charge is 0.332 e. The van der Waals surface area contributed by atoms with Gasteiger partial charge in [0, 0.05) is 18.1 Å². The molecule has 76 valence electrons. The fraction of sp³-hybridized carbons (Fsp3) is 0.364. The number of nitrogens with zero attached hydrogens (tertiary/aromatic N) is 2. The minimum absolute atomic E-state index is 0.760. The Morgan fingerprint density at radius 1 is 1.27 bits per heavy atom. The van der Waals surface area contributed by atoms with Crippen molar-refractivity contribution in [2.24, 2.45) is 0 Å². The van der Waals surface area contributed by atoms with Crippen LogP contribution >= 0.6 is 15.9 Å². The van der Waals surface area contributed by atoms with Gasteiger partial charge in [0.15, 0.2) is 0 Å². The van der Waals surface area contributed by atoms with Gasteiger partial charge in [0.25, 0.3) is 0 Å². The summed E-state index contributed by atoms with van der Waals surface area (Å²) < 4.78 is 3.06. The summed E-state index contributed by atoms with van der Waals surface area (Å²) in [4.78, 5) is 4.46. The van der Waals surface area contributed by atoms with Crippen molar-refractivity contribution in [2.45, 2.75) is 25.7 Å². The van der Waals surface area contributed by atoms with Crippen LogP contribution in [0.4, 0.5) is 0 Å². The van der Waals surface area contributed by atoms with Crippen molar-refractivity contribution in [1.82, 2.24) is 9.55 Å². The van der Waals surface area contributed by atoms with Gasteiger partial charge in [-0.15, -0.1) is 0 Å². The summed E-state index contributed by atoms with van der Waals surface area (Å²) in [5.41, 5.74) is 1.04. The van der Waals surface area contributed by atoms with Crippen LogP contribution in [-0.2, 0) is 6.54 Å². The standard InChI is InChI=1S/C11H12BBrN2/c12-6-1-2-7-15-8-5-9-3-4-10(13)14-11(9)15/h3-5,8H,1-2,6-7H2. The smallest absolute Gasteiger partial charge is 0.141 e. The average Bonchev–Trinajstić information content (AvgIpc) is 2.62.